The highest BCUT2D eigenvalue weighted by atomic mass is 19.1. The number of carbonyl (C=O) groups excluding carboxylic acids is 3. The lowest BCUT2D eigenvalue weighted by Gasteiger charge is -2.32. The Balaban J connectivity index is 3.04. The predicted molar refractivity (Wildman–Crippen MR) is 70.0 cm³/mol. The van der Waals surface area contributed by atoms with E-state index in [2.05, 4.69) is 9.89 Å². The normalized spacial score (nSPS) is 24.7. The van der Waals surface area contributed by atoms with Gasteiger partial charge in [-0.3, -0.25) is 15.4 Å². The Bertz CT molecular complexity index is 462. The van der Waals surface area contributed by atoms with Crippen LogP contribution in [-0.4, -0.2) is 42.1 Å². The lowest BCUT2D eigenvalue weighted by molar-refractivity contribution is -0.179. The summed E-state index contributed by atoms with van der Waals surface area (Å²) in [4.78, 5) is 39.5. The average Bonchev–Trinajstić information content (AvgIpc) is 2.45. The van der Waals surface area contributed by atoms with Gasteiger partial charge in [-0.1, -0.05) is 19.0 Å². The molecule has 118 valence electrons. The Morgan fingerprint density at radius 1 is 1.33 bits per heavy atom. The quantitative estimate of drug-likeness (QED) is 0.324. The predicted octanol–water partition coefficient (Wildman–Crippen LogP) is 0.616. The van der Waals surface area contributed by atoms with E-state index in [1.165, 1.54) is 6.92 Å². The molecule has 1 aliphatic heterocycles. The number of carbonyl (C=O) groups is 3. The standard InChI is InChI=1S/C12H18FN3O5/c1-4-7(5-2)16-21-9-12(13,10(18)20-6-3)8(17)14-11(19)15-9/h9H,4-6H2,1-3H3,(H2,14,15,17,19). The zero-order chi connectivity index (χ0) is 16.0. The van der Waals surface area contributed by atoms with Crippen LogP contribution in [0.3, 0.4) is 0 Å². The highest BCUT2D eigenvalue weighted by Crippen LogP contribution is 2.23. The van der Waals surface area contributed by atoms with Gasteiger partial charge in [-0.2, -0.15) is 0 Å². The molecule has 21 heavy (non-hydrogen) atoms. The summed E-state index contributed by atoms with van der Waals surface area (Å²) in [7, 11) is 0. The molecule has 0 spiro atoms. The van der Waals surface area contributed by atoms with E-state index in [4.69, 9.17) is 4.84 Å². The van der Waals surface area contributed by atoms with Gasteiger partial charge in [0.2, 0.25) is 0 Å². The summed E-state index contributed by atoms with van der Waals surface area (Å²) in [5, 5.41) is 7.33. The second-order valence-corrected chi connectivity index (χ2v) is 4.21. The van der Waals surface area contributed by atoms with Crippen LogP contribution in [0.2, 0.25) is 0 Å². The van der Waals surface area contributed by atoms with Gasteiger partial charge in [0.05, 0.1) is 12.3 Å². The van der Waals surface area contributed by atoms with Crippen molar-refractivity contribution in [2.24, 2.45) is 5.16 Å². The second-order valence-electron chi connectivity index (χ2n) is 4.21. The molecule has 9 heteroatoms. The topological polar surface area (TPSA) is 106 Å². The van der Waals surface area contributed by atoms with Crippen molar-refractivity contribution in [2.45, 2.75) is 45.5 Å². The third-order valence-electron chi connectivity index (χ3n) is 2.86. The number of imide groups is 1. The minimum absolute atomic E-state index is 0.128. The van der Waals surface area contributed by atoms with Crippen LogP contribution in [0.25, 0.3) is 0 Å². The van der Waals surface area contributed by atoms with E-state index in [1.807, 2.05) is 19.2 Å². The fourth-order valence-electron chi connectivity index (χ4n) is 1.61. The Morgan fingerprint density at radius 2 is 1.95 bits per heavy atom. The number of hydrogen-bond donors (Lipinski definition) is 2. The Labute approximate surface area is 121 Å². The van der Waals surface area contributed by atoms with Crippen molar-refractivity contribution < 1.29 is 28.3 Å². The first-order valence-corrected chi connectivity index (χ1v) is 6.59. The smallest absolute Gasteiger partial charge is 0.360 e. The summed E-state index contributed by atoms with van der Waals surface area (Å²) in [5.74, 6) is -2.89. The highest BCUT2D eigenvalue weighted by Gasteiger charge is 2.61. The Kier molecular flexibility index (Phi) is 5.62. The van der Waals surface area contributed by atoms with Crippen molar-refractivity contribution in [3.8, 4) is 0 Å². The van der Waals surface area contributed by atoms with Gasteiger partial charge in [0.25, 0.3) is 12.1 Å². The van der Waals surface area contributed by atoms with Crippen LogP contribution in [0.1, 0.15) is 33.6 Å². The van der Waals surface area contributed by atoms with E-state index in [9.17, 15) is 18.8 Å². The van der Waals surface area contributed by atoms with E-state index in [0.29, 0.717) is 18.6 Å². The Morgan fingerprint density at radius 3 is 2.48 bits per heavy atom. The van der Waals surface area contributed by atoms with Crippen LogP contribution in [0.15, 0.2) is 5.16 Å². The van der Waals surface area contributed by atoms with Gasteiger partial charge in [-0.15, -0.1) is 0 Å². The molecule has 1 saturated heterocycles. The highest BCUT2D eigenvalue weighted by molar-refractivity contribution is 6.14. The van der Waals surface area contributed by atoms with E-state index in [1.54, 1.807) is 5.32 Å². The summed E-state index contributed by atoms with van der Waals surface area (Å²) in [6.45, 7) is 4.95. The number of ether oxygens (including phenoxy) is 1. The molecule has 2 atom stereocenters. The number of nitrogens with one attached hydrogen (secondary N) is 2. The summed E-state index contributed by atoms with van der Waals surface area (Å²) in [6.07, 6.45) is -0.796. The first-order valence-electron chi connectivity index (χ1n) is 6.59. The first-order chi connectivity index (χ1) is 9.89. The molecule has 0 radical (unpaired) electrons. The van der Waals surface area contributed by atoms with Crippen LogP contribution in [0.5, 0.6) is 0 Å². The minimum atomic E-state index is -3.19. The van der Waals surface area contributed by atoms with Crippen LogP contribution in [0.4, 0.5) is 9.18 Å². The number of alkyl halides is 1. The van der Waals surface area contributed by atoms with Gasteiger partial charge in [-0.25, -0.2) is 14.0 Å². The molecule has 8 nitrogen and oxygen atoms in total. The van der Waals surface area contributed by atoms with Gasteiger partial charge in [0.1, 0.15) is 0 Å². The van der Waals surface area contributed by atoms with Crippen molar-refractivity contribution in [3.63, 3.8) is 0 Å². The van der Waals surface area contributed by atoms with E-state index >= 15 is 0 Å². The molecule has 1 heterocycles. The number of nitrogens with zero attached hydrogens (tertiary/aromatic N) is 1. The van der Waals surface area contributed by atoms with Gasteiger partial charge >= 0.3 is 17.7 Å². The number of rotatable bonds is 6. The largest absolute Gasteiger partial charge is 0.463 e. The zero-order valence-electron chi connectivity index (χ0n) is 12.1. The van der Waals surface area contributed by atoms with Crippen LogP contribution < -0.4 is 10.6 Å². The first kappa shape index (κ1) is 16.9. The number of esters is 1. The van der Waals surface area contributed by atoms with Crippen LogP contribution in [0, 0.1) is 0 Å². The monoisotopic (exact) mass is 303 g/mol. The van der Waals surface area contributed by atoms with Crippen molar-refractivity contribution in [2.75, 3.05) is 6.61 Å². The fraction of sp³-hybridized carbons (Fsp3) is 0.667. The second kappa shape index (κ2) is 7.00. The molecule has 0 saturated carbocycles. The average molecular weight is 303 g/mol. The van der Waals surface area contributed by atoms with Gasteiger partial charge in [-0.05, 0) is 19.8 Å². The van der Waals surface area contributed by atoms with Gasteiger partial charge < -0.3 is 9.57 Å². The van der Waals surface area contributed by atoms with Crippen molar-refractivity contribution in [1.29, 1.82) is 0 Å². The van der Waals surface area contributed by atoms with Gasteiger partial charge in [0, 0.05) is 0 Å². The molecular weight excluding hydrogens is 285 g/mol. The number of urea groups is 1. The third-order valence-corrected chi connectivity index (χ3v) is 2.86. The lowest BCUT2D eigenvalue weighted by atomic mass is 10.0. The van der Waals surface area contributed by atoms with E-state index in [-0.39, 0.29) is 6.61 Å². The number of oxime groups is 1. The maximum absolute atomic E-state index is 14.7. The summed E-state index contributed by atoms with van der Waals surface area (Å²) >= 11 is 0. The molecule has 0 bridgehead atoms. The Hall–Kier alpha value is -2.19. The zero-order valence-corrected chi connectivity index (χ0v) is 12.1. The molecule has 3 amide bonds. The van der Waals surface area contributed by atoms with Crippen molar-refractivity contribution in [3.05, 3.63) is 0 Å². The molecule has 0 aliphatic carbocycles. The maximum Gasteiger partial charge on any atom is 0.360 e. The molecule has 0 aromatic heterocycles. The van der Waals surface area contributed by atoms with E-state index in [0.717, 1.165) is 0 Å². The molecular formula is C12H18FN3O5. The third kappa shape index (κ3) is 3.47. The molecule has 1 aliphatic rings. The summed E-state index contributed by atoms with van der Waals surface area (Å²) in [5.41, 5.74) is -2.61. The molecule has 2 unspecified atom stereocenters. The molecule has 1 rings (SSSR count). The number of halogens is 1. The van der Waals surface area contributed by atoms with Crippen LogP contribution in [-0.2, 0) is 19.2 Å². The van der Waals surface area contributed by atoms with Crippen LogP contribution >= 0.6 is 0 Å². The van der Waals surface area contributed by atoms with Crippen molar-refractivity contribution in [1.82, 2.24) is 10.6 Å². The lowest BCUT2D eigenvalue weighted by Crippen LogP contribution is -2.70. The van der Waals surface area contributed by atoms with Gasteiger partial charge in [0.15, 0.2) is 0 Å². The fourth-order valence-corrected chi connectivity index (χ4v) is 1.61. The molecule has 2 N–H and O–H groups in total. The molecule has 0 aromatic rings. The van der Waals surface area contributed by atoms with Crippen molar-refractivity contribution >= 4 is 23.6 Å². The number of hydrogen-bond acceptors (Lipinski definition) is 6. The SMILES string of the molecule is CCOC(=O)C1(F)C(=O)NC(=O)NC1ON=C(CC)CC. The van der Waals surface area contributed by atoms with E-state index < -0.39 is 29.8 Å². The summed E-state index contributed by atoms with van der Waals surface area (Å²) in [6, 6.07) is -0.979. The number of amides is 3. The molecule has 0 aromatic carbocycles. The maximum atomic E-state index is 14.7. The minimum Gasteiger partial charge on any atom is -0.463 e. The summed E-state index contributed by atoms with van der Waals surface area (Å²) < 4.78 is 19.3. The molecule has 1 fully saturated rings.